The van der Waals surface area contributed by atoms with Crippen molar-refractivity contribution < 1.29 is 9.59 Å². The maximum Gasteiger partial charge on any atom is 0.219 e. The number of para-hydroxylation sites is 1. The molecule has 0 spiro atoms. The first-order valence-electron chi connectivity index (χ1n) is 16.3. The first-order valence-corrected chi connectivity index (χ1v) is 16.3. The van der Waals surface area contributed by atoms with E-state index in [2.05, 4.69) is 112 Å². The highest BCUT2D eigenvalue weighted by molar-refractivity contribution is 6.29. The van der Waals surface area contributed by atoms with Crippen LogP contribution in [0.2, 0.25) is 0 Å². The minimum Gasteiger partial charge on any atom is -0.397 e. The zero-order valence-corrected chi connectivity index (χ0v) is 27.2. The molecule has 6 heteroatoms. The summed E-state index contributed by atoms with van der Waals surface area (Å²) in [6.07, 6.45) is 2.16. The van der Waals surface area contributed by atoms with Crippen LogP contribution in [0.3, 0.4) is 0 Å². The van der Waals surface area contributed by atoms with Crippen LogP contribution < -0.4 is 10.6 Å². The van der Waals surface area contributed by atoms with E-state index in [0.29, 0.717) is 25.2 Å². The molecule has 0 bridgehead atoms. The van der Waals surface area contributed by atoms with Gasteiger partial charge in [-0.2, -0.15) is 0 Å². The van der Waals surface area contributed by atoms with E-state index in [-0.39, 0.29) is 0 Å². The number of nitrogens with zero attached hydrogens (tertiary/aromatic N) is 3. The average Bonchev–Trinajstić information content (AvgIpc) is 3.40. The van der Waals surface area contributed by atoms with E-state index >= 15 is 0 Å². The zero-order chi connectivity index (χ0) is 33.3. The lowest BCUT2D eigenvalue weighted by molar-refractivity contribution is -0.131. The van der Waals surface area contributed by atoms with E-state index in [1.54, 1.807) is 6.20 Å². The molecular weight excluding hydrogens is 592 g/mol. The van der Waals surface area contributed by atoms with Crippen LogP contribution in [0.4, 0.5) is 11.4 Å². The van der Waals surface area contributed by atoms with Crippen molar-refractivity contribution in [1.29, 1.82) is 0 Å². The van der Waals surface area contributed by atoms with Gasteiger partial charge in [-0.15, -0.1) is 0 Å². The number of anilines is 2. The SMILES string of the molecule is CC1(C)C(C(=O)C=O)N(c2ccc(C(c3ccccc3)(c3ccccc3)c3ccccc3)cc2)CN1Cc1c(N)cnc2ccccc12. The van der Waals surface area contributed by atoms with Gasteiger partial charge < -0.3 is 10.6 Å². The van der Waals surface area contributed by atoms with E-state index in [0.717, 1.165) is 44.4 Å². The molecule has 238 valence electrons. The summed E-state index contributed by atoms with van der Waals surface area (Å²) in [5.41, 5.74) is 13.1. The Kier molecular flexibility index (Phi) is 8.11. The van der Waals surface area contributed by atoms with Gasteiger partial charge in [-0.1, -0.05) is 121 Å². The van der Waals surface area contributed by atoms with Crippen molar-refractivity contribution in [1.82, 2.24) is 9.88 Å². The Balaban J connectivity index is 1.33. The van der Waals surface area contributed by atoms with Gasteiger partial charge in [0.05, 0.1) is 29.5 Å². The maximum atomic E-state index is 13.4. The molecule has 0 amide bonds. The number of aldehydes is 1. The number of fused-ring (bicyclic) bond motifs is 1. The Bertz CT molecular complexity index is 1970. The quantitative estimate of drug-likeness (QED) is 0.102. The van der Waals surface area contributed by atoms with E-state index in [1.807, 2.05) is 56.3 Å². The average molecular weight is 631 g/mol. The smallest absolute Gasteiger partial charge is 0.219 e. The molecule has 7 rings (SSSR count). The van der Waals surface area contributed by atoms with Gasteiger partial charge in [-0.3, -0.25) is 19.5 Å². The molecule has 6 aromatic rings. The molecule has 1 atom stereocenters. The number of Topliss-reactive ketones (excluding diaryl/α,β-unsaturated/α-hetero) is 1. The van der Waals surface area contributed by atoms with Crippen molar-refractivity contribution in [3.63, 3.8) is 0 Å². The summed E-state index contributed by atoms with van der Waals surface area (Å²) >= 11 is 0. The third kappa shape index (κ3) is 5.15. The Hall–Kier alpha value is -5.59. The molecule has 1 unspecified atom stereocenters. The highest BCUT2D eigenvalue weighted by Crippen LogP contribution is 2.46. The first kappa shape index (κ1) is 31.0. The van der Waals surface area contributed by atoms with Gasteiger partial charge in [0.15, 0.2) is 6.29 Å². The summed E-state index contributed by atoms with van der Waals surface area (Å²) < 4.78 is 0. The standard InChI is InChI=1S/C42H38N4O2/c1-41(2)40(39(48)28-47)46(29-45(41)27-36-35-20-12-13-21-38(35)44-26-37(36)43)34-24-22-33(23-25-34)42(30-14-6-3-7-15-30,31-16-8-4-9-17-31)32-18-10-5-11-19-32/h3-26,28,40H,27,29,43H2,1-2H3. The second-order valence-corrected chi connectivity index (χ2v) is 13.0. The van der Waals surface area contributed by atoms with Crippen molar-refractivity contribution in [2.24, 2.45) is 0 Å². The molecule has 0 aliphatic carbocycles. The lowest BCUT2D eigenvalue weighted by Gasteiger charge is -2.37. The van der Waals surface area contributed by atoms with E-state index in [1.165, 1.54) is 0 Å². The lowest BCUT2D eigenvalue weighted by atomic mass is 9.65. The number of aromatic nitrogens is 1. The fourth-order valence-electron chi connectivity index (χ4n) is 7.60. The number of nitrogens with two attached hydrogens (primary N) is 1. The number of nitrogen functional groups attached to an aromatic ring is 1. The molecule has 1 aliphatic heterocycles. The number of rotatable bonds is 9. The van der Waals surface area contributed by atoms with E-state index in [4.69, 9.17) is 5.73 Å². The molecule has 1 fully saturated rings. The molecule has 1 aliphatic rings. The van der Waals surface area contributed by atoms with Crippen molar-refractivity contribution in [2.75, 3.05) is 17.3 Å². The van der Waals surface area contributed by atoms with Gasteiger partial charge in [-0.05, 0) is 54.3 Å². The van der Waals surface area contributed by atoms with Gasteiger partial charge in [0.2, 0.25) is 5.78 Å². The van der Waals surface area contributed by atoms with E-state index in [9.17, 15) is 9.59 Å². The van der Waals surface area contributed by atoms with Gasteiger partial charge in [0.25, 0.3) is 0 Å². The number of hydrogen-bond donors (Lipinski definition) is 1. The highest BCUT2D eigenvalue weighted by atomic mass is 16.2. The molecule has 0 saturated carbocycles. The molecule has 5 aromatic carbocycles. The van der Waals surface area contributed by atoms with Crippen molar-refractivity contribution in [3.05, 3.63) is 174 Å². The molecule has 1 saturated heterocycles. The Labute approximate surface area is 281 Å². The Morgan fingerprint density at radius 2 is 1.27 bits per heavy atom. The Morgan fingerprint density at radius 1 is 0.771 bits per heavy atom. The maximum absolute atomic E-state index is 13.4. The fourth-order valence-corrected chi connectivity index (χ4v) is 7.60. The number of carbonyl (C=O) groups excluding carboxylic acids is 2. The molecule has 2 N–H and O–H groups in total. The highest BCUT2D eigenvalue weighted by Gasteiger charge is 2.50. The van der Waals surface area contributed by atoms with Crippen molar-refractivity contribution in [3.8, 4) is 0 Å². The third-order valence-corrected chi connectivity index (χ3v) is 10.0. The topological polar surface area (TPSA) is 79.5 Å². The Morgan fingerprint density at radius 3 is 1.81 bits per heavy atom. The monoisotopic (exact) mass is 630 g/mol. The first-order chi connectivity index (χ1) is 23.4. The van der Waals surface area contributed by atoms with Crippen LogP contribution in [0.25, 0.3) is 10.9 Å². The second kappa shape index (κ2) is 12.5. The largest absolute Gasteiger partial charge is 0.397 e. The van der Waals surface area contributed by atoms with Crippen LogP contribution in [0, 0.1) is 0 Å². The summed E-state index contributed by atoms with van der Waals surface area (Å²) in [5.74, 6) is -0.452. The molecule has 48 heavy (non-hydrogen) atoms. The minimum atomic E-state index is -0.683. The van der Waals surface area contributed by atoms with E-state index < -0.39 is 22.8 Å². The second-order valence-electron chi connectivity index (χ2n) is 13.0. The summed E-state index contributed by atoms with van der Waals surface area (Å²) in [5, 5.41) is 0.980. The number of ketones is 1. The number of benzene rings is 5. The third-order valence-electron chi connectivity index (χ3n) is 10.0. The molecule has 1 aromatic heterocycles. The number of carbonyl (C=O) groups is 2. The van der Waals surface area contributed by atoms with Crippen LogP contribution in [-0.4, -0.2) is 40.2 Å². The van der Waals surface area contributed by atoms with Gasteiger partial charge in [0.1, 0.15) is 6.04 Å². The van der Waals surface area contributed by atoms with Crippen molar-refractivity contribution in [2.45, 2.75) is 37.4 Å². The van der Waals surface area contributed by atoms with Gasteiger partial charge in [-0.25, -0.2) is 0 Å². The predicted molar refractivity (Wildman–Crippen MR) is 193 cm³/mol. The summed E-state index contributed by atoms with van der Waals surface area (Å²) in [6, 6.07) is 47.5. The summed E-state index contributed by atoms with van der Waals surface area (Å²) in [7, 11) is 0. The fraction of sp³-hybridized carbons (Fsp3) is 0.167. The van der Waals surface area contributed by atoms with Crippen LogP contribution in [0.1, 0.15) is 41.7 Å². The van der Waals surface area contributed by atoms with Crippen LogP contribution in [0.15, 0.2) is 146 Å². The summed E-state index contributed by atoms with van der Waals surface area (Å²) in [4.78, 5) is 34.3. The van der Waals surface area contributed by atoms with Gasteiger partial charge >= 0.3 is 0 Å². The van der Waals surface area contributed by atoms with Crippen LogP contribution in [-0.2, 0) is 21.5 Å². The van der Waals surface area contributed by atoms with Crippen molar-refractivity contribution >= 4 is 34.3 Å². The molecule has 6 nitrogen and oxygen atoms in total. The van der Waals surface area contributed by atoms with Crippen LogP contribution >= 0.6 is 0 Å². The molecular formula is C42H38N4O2. The zero-order valence-electron chi connectivity index (χ0n) is 27.2. The summed E-state index contributed by atoms with van der Waals surface area (Å²) in [6.45, 7) is 4.99. The minimum absolute atomic E-state index is 0.438. The van der Waals surface area contributed by atoms with Crippen LogP contribution in [0.5, 0.6) is 0 Å². The molecule has 0 radical (unpaired) electrons. The predicted octanol–water partition coefficient (Wildman–Crippen LogP) is 7.39. The normalized spacial score (nSPS) is 16.2. The molecule has 2 heterocycles. The number of pyridine rings is 1. The lowest BCUT2D eigenvalue weighted by Crippen LogP contribution is -2.51. The number of hydrogen-bond acceptors (Lipinski definition) is 6. The van der Waals surface area contributed by atoms with Gasteiger partial charge in [0, 0.05) is 28.7 Å².